The molecule has 0 bridgehead atoms. The van der Waals surface area contributed by atoms with Gasteiger partial charge in [-0.3, -0.25) is 14.5 Å². The SMILES string of the molecule is O=C1C[C@H](N2CCN(c3ccccc3F)CC2)C(=O)N1c1cccc(Br)c1. The van der Waals surface area contributed by atoms with Crippen LogP contribution in [0.4, 0.5) is 15.8 Å². The van der Waals surface area contributed by atoms with Crippen molar-refractivity contribution in [3.05, 3.63) is 58.8 Å². The van der Waals surface area contributed by atoms with Gasteiger partial charge in [-0.05, 0) is 30.3 Å². The largest absolute Gasteiger partial charge is 0.367 e. The van der Waals surface area contributed by atoms with E-state index in [4.69, 9.17) is 0 Å². The van der Waals surface area contributed by atoms with Gasteiger partial charge < -0.3 is 4.90 Å². The summed E-state index contributed by atoms with van der Waals surface area (Å²) in [6.45, 7) is 2.47. The zero-order valence-corrected chi connectivity index (χ0v) is 16.2. The molecule has 4 rings (SSSR count). The molecule has 0 spiro atoms. The zero-order valence-electron chi connectivity index (χ0n) is 14.6. The number of carbonyl (C=O) groups excluding carboxylic acids is 2. The Morgan fingerprint density at radius 3 is 2.41 bits per heavy atom. The Balaban J connectivity index is 1.45. The monoisotopic (exact) mass is 431 g/mol. The molecule has 0 aromatic heterocycles. The van der Waals surface area contributed by atoms with Crippen molar-refractivity contribution in [2.75, 3.05) is 36.0 Å². The smallest absolute Gasteiger partial charge is 0.251 e. The molecule has 0 aliphatic carbocycles. The van der Waals surface area contributed by atoms with Gasteiger partial charge in [0, 0.05) is 30.7 Å². The van der Waals surface area contributed by atoms with Crippen LogP contribution in [0.15, 0.2) is 53.0 Å². The number of hydrogen-bond acceptors (Lipinski definition) is 4. The Bertz CT molecular complexity index is 883. The van der Waals surface area contributed by atoms with Gasteiger partial charge in [0.15, 0.2) is 0 Å². The molecule has 1 atom stereocenters. The van der Waals surface area contributed by atoms with Gasteiger partial charge in [-0.15, -0.1) is 0 Å². The number of para-hydroxylation sites is 1. The maximum absolute atomic E-state index is 14.0. The van der Waals surface area contributed by atoms with Crippen molar-refractivity contribution in [3.63, 3.8) is 0 Å². The summed E-state index contributed by atoms with van der Waals surface area (Å²) in [5.74, 6) is -0.601. The number of carbonyl (C=O) groups is 2. The third-order valence-electron chi connectivity index (χ3n) is 5.14. The molecule has 7 heteroatoms. The van der Waals surface area contributed by atoms with E-state index in [2.05, 4.69) is 15.9 Å². The van der Waals surface area contributed by atoms with Crippen LogP contribution < -0.4 is 9.80 Å². The second-order valence-electron chi connectivity index (χ2n) is 6.74. The Morgan fingerprint density at radius 1 is 0.963 bits per heavy atom. The highest BCUT2D eigenvalue weighted by molar-refractivity contribution is 9.10. The first kappa shape index (κ1) is 18.1. The molecule has 140 valence electrons. The molecule has 2 aliphatic rings. The van der Waals surface area contributed by atoms with Crippen molar-refractivity contribution in [1.82, 2.24) is 4.90 Å². The number of hydrogen-bond donors (Lipinski definition) is 0. The molecule has 2 fully saturated rings. The number of halogens is 2. The van der Waals surface area contributed by atoms with E-state index in [0.29, 0.717) is 37.6 Å². The number of imide groups is 1. The van der Waals surface area contributed by atoms with Crippen LogP contribution in [0.3, 0.4) is 0 Å². The van der Waals surface area contributed by atoms with Crippen molar-refractivity contribution >= 4 is 39.1 Å². The maximum Gasteiger partial charge on any atom is 0.251 e. The zero-order chi connectivity index (χ0) is 19.0. The quantitative estimate of drug-likeness (QED) is 0.700. The summed E-state index contributed by atoms with van der Waals surface area (Å²) in [5, 5.41) is 0. The second kappa shape index (κ2) is 7.40. The van der Waals surface area contributed by atoms with Crippen molar-refractivity contribution in [2.45, 2.75) is 12.5 Å². The molecule has 2 aromatic rings. The number of amides is 2. The minimum Gasteiger partial charge on any atom is -0.367 e. The van der Waals surface area contributed by atoms with Gasteiger partial charge in [-0.2, -0.15) is 0 Å². The number of piperazine rings is 1. The lowest BCUT2D eigenvalue weighted by molar-refractivity contribution is -0.123. The fourth-order valence-corrected chi connectivity index (χ4v) is 4.16. The Labute approximate surface area is 165 Å². The molecule has 5 nitrogen and oxygen atoms in total. The standard InChI is InChI=1S/C20H19BrFN3O2/c21-14-4-3-5-15(12-14)25-19(26)13-18(20(25)27)24-10-8-23(9-11-24)17-7-2-1-6-16(17)22/h1-7,12,18H,8-11,13H2/t18-/m0/s1. The summed E-state index contributed by atoms with van der Waals surface area (Å²) in [6, 6.07) is 13.5. The van der Waals surface area contributed by atoms with E-state index in [1.807, 2.05) is 21.9 Å². The minimum absolute atomic E-state index is 0.181. The molecule has 0 unspecified atom stereocenters. The Kier molecular flexibility index (Phi) is 4.97. The van der Waals surface area contributed by atoms with Crippen LogP contribution in [-0.2, 0) is 9.59 Å². The summed E-state index contributed by atoms with van der Waals surface area (Å²) < 4.78 is 14.8. The van der Waals surface area contributed by atoms with Crippen molar-refractivity contribution in [2.24, 2.45) is 0 Å². The van der Waals surface area contributed by atoms with Crippen LogP contribution in [0.2, 0.25) is 0 Å². The van der Waals surface area contributed by atoms with Crippen molar-refractivity contribution in [3.8, 4) is 0 Å². The topological polar surface area (TPSA) is 43.9 Å². The highest BCUT2D eigenvalue weighted by atomic mass is 79.9. The lowest BCUT2D eigenvalue weighted by Gasteiger charge is -2.38. The predicted molar refractivity (Wildman–Crippen MR) is 105 cm³/mol. The molecule has 2 heterocycles. The highest BCUT2D eigenvalue weighted by Gasteiger charge is 2.43. The van der Waals surface area contributed by atoms with Crippen LogP contribution in [0.1, 0.15) is 6.42 Å². The van der Waals surface area contributed by atoms with E-state index in [9.17, 15) is 14.0 Å². The number of nitrogens with zero attached hydrogens (tertiary/aromatic N) is 3. The normalized spacial score (nSPS) is 21.2. The van der Waals surface area contributed by atoms with E-state index >= 15 is 0 Å². The average Bonchev–Trinajstić information content (AvgIpc) is 2.96. The maximum atomic E-state index is 14.0. The van der Waals surface area contributed by atoms with E-state index in [1.54, 1.807) is 30.3 Å². The van der Waals surface area contributed by atoms with Gasteiger partial charge in [-0.1, -0.05) is 34.1 Å². The summed E-state index contributed by atoms with van der Waals surface area (Å²) >= 11 is 3.38. The minimum atomic E-state index is -0.445. The lowest BCUT2D eigenvalue weighted by atomic mass is 10.1. The predicted octanol–water partition coefficient (Wildman–Crippen LogP) is 3.04. The summed E-state index contributed by atoms with van der Waals surface area (Å²) in [6.07, 6.45) is 0.186. The van der Waals surface area contributed by atoms with Crippen LogP contribution in [0.25, 0.3) is 0 Å². The van der Waals surface area contributed by atoms with Crippen molar-refractivity contribution in [1.29, 1.82) is 0 Å². The summed E-state index contributed by atoms with van der Waals surface area (Å²) in [7, 11) is 0. The third kappa shape index (κ3) is 3.49. The highest BCUT2D eigenvalue weighted by Crippen LogP contribution is 2.29. The molecular formula is C20H19BrFN3O2. The molecule has 0 saturated carbocycles. The van der Waals surface area contributed by atoms with Crippen LogP contribution >= 0.6 is 15.9 Å². The van der Waals surface area contributed by atoms with Gasteiger partial charge in [0.25, 0.3) is 5.91 Å². The van der Waals surface area contributed by atoms with Gasteiger partial charge in [0.1, 0.15) is 5.82 Å². The summed E-state index contributed by atoms with van der Waals surface area (Å²) in [5.41, 5.74) is 1.17. The second-order valence-corrected chi connectivity index (χ2v) is 7.66. The average molecular weight is 432 g/mol. The van der Waals surface area contributed by atoms with Crippen LogP contribution in [0, 0.1) is 5.82 Å². The fraction of sp³-hybridized carbons (Fsp3) is 0.300. The van der Waals surface area contributed by atoms with Crippen molar-refractivity contribution < 1.29 is 14.0 Å². The molecule has 2 amide bonds. The fourth-order valence-electron chi connectivity index (χ4n) is 3.77. The molecule has 2 aliphatic heterocycles. The molecule has 2 saturated heterocycles. The first-order valence-corrected chi connectivity index (χ1v) is 9.70. The first-order chi connectivity index (χ1) is 13.0. The molecule has 27 heavy (non-hydrogen) atoms. The van der Waals surface area contributed by atoms with Gasteiger partial charge in [0.2, 0.25) is 5.91 Å². The Morgan fingerprint density at radius 2 is 1.70 bits per heavy atom. The van der Waals surface area contributed by atoms with E-state index in [0.717, 1.165) is 4.47 Å². The van der Waals surface area contributed by atoms with Crippen LogP contribution in [-0.4, -0.2) is 48.9 Å². The number of rotatable bonds is 3. The first-order valence-electron chi connectivity index (χ1n) is 8.90. The van der Waals surface area contributed by atoms with E-state index in [-0.39, 0.29) is 24.1 Å². The Hall–Kier alpha value is -2.25. The third-order valence-corrected chi connectivity index (χ3v) is 5.63. The summed E-state index contributed by atoms with van der Waals surface area (Å²) in [4.78, 5) is 30.7. The lowest BCUT2D eigenvalue weighted by Crippen LogP contribution is -2.52. The van der Waals surface area contributed by atoms with Gasteiger partial charge in [-0.25, -0.2) is 9.29 Å². The molecule has 0 N–H and O–H groups in total. The number of benzene rings is 2. The van der Waals surface area contributed by atoms with E-state index in [1.165, 1.54) is 11.0 Å². The number of anilines is 2. The van der Waals surface area contributed by atoms with Gasteiger partial charge in [0.05, 0.1) is 23.8 Å². The van der Waals surface area contributed by atoms with Gasteiger partial charge >= 0.3 is 0 Å². The molecule has 2 aromatic carbocycles. The van der Waals surface area contributed by atoms with Crippen LogP contribution in [0.5, 0.6) is 0 Å². The van der Waals surface area contributed by atoms with E-state index < -0.39 is 6.04 Å². The molecular weight excluding hydrogens is 413 g/mol. The molecule has 0 radical (unpaired) electrons.